The molecule has 0 bridgehead atoms. The number of amides is 1. The number of rotatable bonds is 3. The number of likely N-dealkylation sites (tertiary alicyclic amines) is 1. The Morgan fingerprint density at radius 1 is 1.09 bits per heavy atom. The third-order valence-electron chi connectivity index (χ3n) is 6.32. The summed E-state index contributed by atoms with van der Waals surface area (Å²) in [4.78, 5) is 19.3. The van der Waals surface area contributed by atoms with Gasteiger partial charge in [-0.3, -0.25) is 4.79 Å². The first-order valence-corrected chi connectivity index (χ1v) is 12.4. The Labute approximate surface area is 199 Å². The molecule has 3 heterocycles. The van der Waals surface area contributed by atoms with Crippen molar-refractivity contribution in [3.8, 4) is 17.0 Å². The number of carbonyl (C=O) groups excluding carboxylic acids is 1. The van der Waals surface area contributed by atoms with Crippen molar-refractivity contribution in [1.82, 2.24) is 15.0 Å². The topological polar surface area (TPSA) is 79.5 Å². The van der Waals surface area contributed by atoms with E-state index in [1.165, 1.54) is 6.20 Å². The molecule has 4 rings (SSSR count). The number of thiazole rings is 1. The van der Waals surface area contributed by atoms with Crippen LogP contribution < -0.4 is 0 Å². The number of aromatic hydroxyl groups is 1. The normalized spacial score (nSPS) is 15.8. The number of piperidine rings is 1. The van der Waals surface area contributed by atoms with E-state index in [-0.39, 0.29) is 16.7 Å². The maximum Gasteiger partial charge on any atom is 0.292 e. The Bertz CT molecular complexity index is 1090. The van der Waals surface area contributed by atoms with Crippen LogP contribution in [0.2, 0.25) is 0 Å². The van der Waals surface area contributed by atoms with E-state index in [2.05, 4.69) is 64.2 Å². The number of hydrogen-bond donors (Lipinski definition) is 1. The number of benzene rings is 1. The highest BCUT2D eigenvalue weighted by molar-refractivity contribution is 7.10. The van der Waals surface area contributed by atoms with E-state index in [1.807, 2.05) is 4.90 Å². The standard InChI is InChI=1S/C26H33N3O3S/c1-25(2,3)18-13-17(14-19(22(18)30)26(4,5)6)20-15-33-23(28-20)16-8-11-29(12-9-16)24(31)21-7-10-27-32-21/h7,10,13-16,30H,8-9,11-12H2,1-6H3. The van der Waals surface area contributed by atoms with Crippen LogP contribution in [0.1, 0.15) is 87.0 Å². The van der Waals surface area contributed by atoms with Gasteiger partial charge in [-0.25, -0.2) is 4.98 Å². The molecule has 7 heteroatoms. The summed E-state index contributed by atoms with van der Waals surface area (Å²) < 4.78 is 5.02. The Morgan fingerprint density at radius 3 is 2.21 bits per heavy atom. The van der Waals surface area contributed by atoms with Crippen molar-refractivity contribution in [2.45, 2.75) is 71.1 Å². The lowest BCUT2D eigenvalue weighted by molar-refractivity contribution is 0.0671. The summed E-state index contributed by atoms with van der Waals surface area (Å²) in [7, 11) is 0. The first-order valence-electron chi connectivity index (χ1n) is 11.5. The zero-order valence-electron chi connectivity index (χ0n) is 20.3. The Balaban J connectivity index is 1.56. The minimum absolute atomic E-state index is 0.0979. The molecule has 0 spiro atoms. The molecule has 0 atom stereocenters. The Kier molecular flexibility index (Phi) is 6.12. The van der Waals surface area contributed by atoms with Crippen LogP contribution in [0.5, 0.6) is 5.75 Å². The number of phenols is 1. The highest BCUT2D eigenvalue weighted by atomic mass is 32.1. The molecule has 0 aliphatic carbocycles. The van der Waals surface area contributed by atoms with Crippen LogP contribution in [0.4, 0.5) is 0 Å². The van der Waals surface area contributed by atoms with Gasteiger partial charge >= 0.3 is 0 Å². The van der Waals surface area contributed by atoms with E-state index >= 15 is 0 Å². The molecule has 1 aliphatic heterocycles. The molecular formula is C26H33N3O3S. The Hall–Kier alpha value is -2.67. The lowest BCUT2D eigenvalue weighted by Gasteiger charge is -2.30. The van der Waals surface area contributed by atoms with Crippen LogP contribution in [0, 0.1) is 0 Å². The predicted molar refractivity (Wildman–Crippen MR) is 131 cm³/mol. The minimum Gasteiger partial charge on any atom is -0.507 e. The number of carbonyl (C=O) groups is 1. The van der Waals surface area contributed by atoms with Gasteiger partial charge in [-0.1, -0.05) is 46.7 Å². The average Bonchev–Trinajstić information content (AvgIpc) is 3.44. The van der Waals surface area contributed by atoms with Gasteiger partial charge in [0.2, 0.25) is 5.76 Å². The summed E-state index contributed by atoms with van der Waals surface area (Å²) in [5.74, 6) is 0.919. The lowest BCUT2D eigenvalue weighted by Crippen LogP contribution is -2.37. The molecule has 1 amide bonds. The fourth-order valence-corrected chi connectivity index (χ4v) is 5.35. The summed E-state index contributed by atoms with van der Waals surface area (Å²) in [6, 6.07) is 5.78. The maximum atomic E-state index is 12.5. The molecule has 0 unspecified atom stereocenters. The van der Waals surface area contributed by atoms with Crippen molar-refractivity contribution in [1.29, 1.82) is 0 Å². The van der Waals surface area contributed by atoms with Crippen LogP contribution in [0.25, 0.3) is 11.3 Å². The molecule has 0 saturated carbocycles. The quantitative estimate of drug-likeness (QED) is 0.502. The predicted octanol–water partition coefficient (Wildman–Crippen LogP) is 6.12. The summed E-state index contributed by atoms with van der Waals surface area (Å²) in [5.41, 5.74) is 3.52. The molecule has 1 saturated heterocycles. The van der Waals surface area contributed by atoms with Crippen LogP contribution in [0.3, 0.4) is 0 Å². The van der Waals surface area contributed by atoms with Gasteiger partial charge in [0.1, 0.15) is 5.75 Å². The molecule has 2 aromatic heterocycles. The minimum atomic E-state index is -0.179. The zero-order chi connectivity index (χ0) is 24.0. The van der Waals surface area contributed by atoms with Gasteiger partial charge in [-0.05, 0) is 35.8 Å². The van der Waals surface area contributed by atoms with Crippen LogP contribution in [0.15, 0.2) is 34.3 Å². The van der Waals surface area contributed by atoms with Gasteiger partial charge < -0.3 is 14.5 Å². The van der Waals surface area contributed by atoms with E-state index in [4.69, 9.17) is 9.51 Å². The lowest BCUT2D eigenvalue weighted by atomic mass is 9.78. The van der Waals surface area contributed by atoms with Gasteiger partial charge in [-0.2, -0.15) is 0 Å². The van der Waals surface area contributed by atoms with Crippen molar-refractivity contribution < 1.29 is 14.4 Å². The summed E-state index contributed by atoms with van der Waals surface area (Å²) >= 11 is 1.68. The fraction of sp³-hybridized carbons (Fsp3) is 0.500. The SMILES string of the molecule is CC(C)(C)c1cc(-c2csc(C3CCN(C(=O)c4ccno4)CC3)n2)cc(C(C)(C)C)c1O. The van der Waals surface area contributed by atoms with Gasteiger partial charge in [0, 0.05) is 47.1 Å². The van der Waals surface area contributed by atoms with Crippen LogP contribution in [-0.4, -0.2) is 39.1 Å². The fourth-order valence-electron chi connectivity index (χ4n) is 4.34. The van der Waals surface area contributed by atoms with Gasteiger partial charge in [0.25, 0.3) is 5.91 Å². The summed E-state index contributed by atoms with van der Waals surface area (Å²) in [6.07, 6.45) is 3.25. The third-order valence-corrected chi connectivity index (χ3v) is 7.33. The molecule has 0 radical (unpaired) electrons. The number of phenolic OH excluding ortho intramolecular Hbond substituents is 1. The van der Waals surface area contributed by atoms with Crippen molar-refractivity contribution in [2.75, 3.05) is 13.1 Å². The second kappa shape index (κ2) is 8.60. The number of aromatic nitrogens is 2. The van der Waals surface area contributed by atoms with Crippen LogP contribution in [-0.2, 0) is 10.8 Å². The molecule has 1 aliphatic rings. The largest absolute Gasteiger partial charge is 0.507 e. The molecular weight excluding hydrogens is 434 g/mol. The van der Waals surface area contributed by atoms with E-state index in [9.17, 15) is 9.90 Å². The van der Waals surface area contributed by atoms with Gasteiger partial charge in [-0.15, -0.1) is 11.3 Å². The van der Waals surface area contributed by atoms with E-state index in [0.717, 1.165) is 40.2 Å². The number of hydrogen-bond acceptors (Lipinski definition) is 6. The molecule has 1 aromatic carbocycles. The summed E-state index contributed by atoms with van der Waals surface area (Å²) in [5, 5.41) is 17.9. The number of nitrogens with zero attached hydrogens (tertiary/aromatic N) is 3. The second-order valence-electron chi connectivity index (χ2n) is 10.9. The molecule has 1 fully saturated rings. The first-order chi connectivity index (χ1) is 15.4. The van der Waals surface area contributed by atoms with Gasteiger partial charge in [0.05, 0.1) is 16.9 Å². The highest BCUT2D eigenvalue weighted by Gasteiger charge is 2.29. The van der Waals surface area contributed by atoms with E-state index < -0.39 is 0 Å². The van der Waals surface area contributed by atoms with E-state index in [1.54, 1.807) is 17.4 Å². The third kappa shape index (κ3) is 4.83. The monoisotopic (exact) mass is 467 g/mol. The highest BCUT2D eigenvalue weighted by Crippen LogP contribution is 2.42. The maximum absolute atomic E-state index is 12.5. The smallest absolute Gasteiger partial charge is 0.292 e. The Morgan fingerprint density at radius 2 is 1.70 bits per heavy atom. The van der Waals surface area contributed by atoms with Crippen LogP contribution >= 0.6 is 11.3 Å². The van der Waals surface area contributed by atoms with Crippen molar-refractivity contribution in [3.63, 3.8) is 0 Å². The average molecular weight is 468 g/mol. The molecule has 3 aromatic rings. The molecule has 1 N–H and O–H groups in total. The van der Waals surface area contributed by atoms with Crippen molar-refractivity contribution in [2.24, 2.45) is 0 Å². The molecule has 176 valence electrons. The first kappa shape index (κ1) is 23.5. The van der Waals surface area contributed by atoms with Gasteiger partial charge in [0.15, 0.2) is 0 Å². The van der Waals surface area contributed by atoms with Crippen molar-refractivity contribution in [3.05, 3.63) is 51.7 Å². The zero-order valence-corrected chi connectivity index (χ0v) is 21.1. The van der Waals surface area contributed by atoms with E-state index in [0.29, 0.717) is 30.5 Å². The second-order valence-corrected chi connectivity index (χ2v) is 11.8. The molecule has 33 heavy (non-hydrogen) atoms. The summed E-state index contributed by atoms with van der Waals surface area (Å²) in [6.45, 7) is 14.1. The van der Waals surface area contributed by atoms with Crippen molar-refractivity contribution >= 4 is 17.2 Å². The molecule has 6 nitrogen and oxygen atoms in total.